The average molecular weight is 382 g/mol. The number of hydrogen-bond acceptors (Lipinski definition) is 4. The van der Waals surface area contributed by atoms with Crippen LogP contribution >= 0.6 is 0 Å². The summed E-state index contributed by atoms with van der Waals surface area (Å²) in [6.07, 6.45) is 3.93. The van der Waals surface area contributed by atoms with Crippen LogP contribution in [0.15, 0.2) is 4.99 Å². The summed E-state index contributed by atoms with van der Waals surface area (Å²) in [7, 11) is 2.22. The summed E-state index contributed by atoms with van der Waals surface area (Å²) < 4.78 is 6.11. The van der Waals surface area contributed by atoms with Crippen molar-refractivity contribution in [1.29, 1.82) is 0 Å². The van der Waals surface area contributed by atoms with Crippen LogP contribution in [0.1, 0.15) is 47.0 Å². The summed E-state index contributed by atoms with van der Waals surface area (Å²) in [5, 5.41) is 6.94. The van der Waals surface area contributed by atoms with Crippen molar-refractivity contribution in [2.75, 3.05) is 66.0 Å². The standard InChI is InChI=1S/C21H43N5O/c1-6-22-20(23-10-13-26-12-8-11-25(5)14-15-26)24-17-18-9-7-16-27-19(18)21(2,3)4/h18-19H,6-17H2,1-5H3,(H2,22,23,24). The molecule has 2 N–H and O–H groups in total. The van der Waals surface area contributed by atoms with Gasteiger partial charge in [0.1, 0.15) is 0 Å². The number of nitrogens with zero attached hydrogens (tertiary/aromatic N) is 3. The Morgan fingerprint density at radius 1 is 1.11 bits per heavy atom. The first-order valence-electron chi connectivity index (χ1n) is 10.9. The molecule has 0 aromatic heterocycles. The van der Waals surface area contributed by atoms with E-state index in [0.29, 0.717) is 12.0 Å². The van der Waals surface area contributed by atoms with Crippen molar-refractivity contribution < 1.29 is 4.74 Å². The van der Waals surface area contributed by atoms with Crippen molar-refractivity contribution in [2.24, 2.45) is 16.3 Å². The van der Waals surface area contributed by atoms with Gasteiger partial charge >= 0.3 is 0 Å². The highest BCUT2D eigenvalue weighted by atomic mass is 16.5. The minimum atomic E-state index is 0.173. The molecule has 2 fully saturated rings. The van der Waals surface area contributed by atoms with Crippen molar-refractivity contribution in [3.05, 3.63) is 0 Å². The van der Waals surface area contributed by atoms with Crippen molar-refractivity contribution in [2.45, 2.75) is 53.1 Å². The topological polar surface area (TPSA) is 52.1 Å². The van der Waals surface area contributed by atoms with Gasteiger partial charge in [0.15, 0.2) is 5.96 Å². The molecule has 2 aliphatic rings. The SMILES string of the molecule is CCNC(=NCC1CCCOC1C(C)(C)C)NCCN1CCCN(C)CC1. The van der Waals surface area contributed by atoms with E-state index >= 15 is 0 Å². The van der Waals surface area contributed by atoms with E-state index in [2.05, 4.69) is 55.2 Å². The molecule has 2 saturated heterocycles. The maximum atomic E-state index is 6.11. The van der Waals surface area contributed by atoms with Gasteiger partial charge in [0, 0.05) is 51.8 Å². The molecule has 0 aliphatic carbocycles. The number of aliphatic imine (C=N–C) groups is 1. The number of likely N-dealkylation sites (N-methyl/N-ethyl adjacent to an activating group) is 1. The highest BCUT2D eigenvalue weighted by Crippen LogP contribution is 2.34. The smallest absolute Gasteiger partial charge is 0.191 e. The number of hydrogen-bond donors (Lipinski definition) is 2. The summed E-state index contributed by atoms with van der Waals surface area (Å²) >= 11 is 0. The van der Waals surface area contributed by atoms with E-state index in [1.54, 1.807) is 0 Å². The fourth-order valence-electron chi connectivity index (χ4n) is 4.19. The van der Waals surface area contributed by atoms with Crippen LogP contribution < -0.4 is 10.6 Å². The predicted molar refractivity (Wildman–Crippen MR) is 114 cm³/mol. The van der Waals surface area contributed by atoms with Gasteiger partial charge in [-0.15, -0.1) is 0 Å². The molecule has 0 saturated carbocycles. The summed E-state index contributed by atoms with van der Waals surface area (Å²) in [5.74, 6) is 1.46. The number of ether oxygens (including phenoxy) is 1. The van der Waals surface area contributed by atoms with E-state index in [-0.39, 0.29) is 5.41 Å². The van der Waals surface area contributed by atoms with E-state index < -0.39 is 0 Å². The molecule has 2 unspecified atom stereocenters. The second-order valence-corrected chi connectivity index (χ2v) is 9.20. The Bertz CT molecular complexity index is 448. The third-order valence-corrected chi connectivity index (χ3v) is 5.66. The van der Waals surface area contributed by atoms with Crippen LogP contribution in [0.5, 0.6) is 0 Å². The highest BCUT2D eigenvalue weighted by molar-refractivity contribution is 5.79. The molecule has 0 aromatic rings. The first-order valence-corrected chi connectivity index (χ1v) is 10.9. The summed E-state index contributed by atoms with van der Waals surface area (Å²) in [6, 6.07) is 0. The molecule has 0 amide bonds. The Kier molecular flexibility index (Phi) is 9.33. The molecule has 0 aromatic carbocycles. The molecule has 6 heteroatoms. The molecule has 2 heterocycles. The van der Waals surface area contributed by atoms with Crippen LogP contribution in [-0.2, 0) is 4.74 Å². The second-order valence-electron chi connectivity index (χ2n) is 9.20. The van der Waals surface area contributed by atoms with Crippen molar-refractivity contribution in [3.63, 3.8) is 0 Å². The lowest BCUT2D eigenvalue weighted by atomic mass is 9.78. The molecule has 0 bridgehead atoms. The Morgan fingerprint density at radius 3 is 2.67 bits per heavy atom. The zero-order chi connectivity index (χ0) is 19.7. The summed E-state index contributed by atoms with van der Waals surface area (Å²) in [6.45, 7) is 18.4. The molecule has 0 radical (unpaired) electrons. The summed E-state index contributed by atoms with van der Waals surface area (Å²) in [4.78, 5) is 9.89. The normalized spacial score (nSPS) is 26.6. The first-order chi connectivity index (χ1) is 12.9. The zero-order valence-electron chi connectivity index (χ0n) is 18.4. The zero-order valence-corrected chi connectivity index (χ0v) is 18.4. The highest BCUT2D eigenvalue weighted by Gasteiger charge is 2.35. The van der Waals surface area contributed by atoms with E-state index in [0.717, 1.165) is 45.2 Å². The largest absolute Gasteiger partial charge is 0.377 e. The van der Waals surface area contributed by atoms with Gasteiger partial charge in [0.2, 0.25) is 0 Å². The molecule has 27 heavy (non-hydrogen) atoms. The minimum absolute atomic E-state index is 0.173. The monoisotopic (exact) mass is 381 g/mol. The second kappa shape index (κ2) is 11.2. The van der Waals surface area contributed by atoms with E-state index in [4.69, 9.17) is 9.73 Å². The van der Waals surface area contributed by atoms with Crippen molar-refractivity contribution in [3.8, 4) is 0 Å². The Morgan fingerprint density at radius 2 is 1.93 bits per heavy atom. The third kappa shape index (κ3) is 7.96. The van der Waals surface area contributed by atoms with Crippen molar-refractivity contribution in [1.82, 2.24) is 20.4 Å². The molecular weight excluding hydrogens is 338 g/mol. The van der Waals surface area contributed by atoms with Crippen LogP contribution in [0.2, 0.25) is 0 Å². The molecule has 158 valence electrons. The van der Waals surface area contributed by atoms with Crippen LogP contribution in [0.25, 0.3) is 0 Å². The maximum absolute atomic E-state index is 6.11. The van der Waals surface area contributed by atoms with Gasteiger partial charge in [-0.2, -0.15) is 0 Å². The van der Waals surface area contributed by atoms with Gasteiger partial charge in [-0.05, 0) is 51.7 Å². The Balaban J connectivity index is 1.82. The fourth-order valence-corrected chi connectivity index (χ4v) is 4.19. The lowest BCUT2D eigenvalue weighted by Crippen LogP contribution is -2.44. The van der Waals surface area contributed by atoms with Crippen LogP contribution in [0.4, 0.5) is 0 Å². The first kappa shape index (κ1) is 22.4. The molecule has 6 nitrogen and oxygen atoms in total. The molecular formula is C21H43N5O. The van der Waals surface area contributed by atoms with Crippen LogP contribution in [0, 0.1) is 11.3 Å². The van der Waals surface area contributed by atoms with Gasteiger partial charge < -0.3 is 25.2 Å². The van der Waals surface area contributed by atoms with Gasteiger partial charge in [0.25, 0.3) is 0 Å². The van der Waals surface area contributed by atoms with Crippen LogP contribution in [-0.4, -0.2) is 87.9 Å². The van der Waals surface area contributed by atoms with Gasteiger partial charge in [-0.25, -0.2) is 0 Å². The molecule has 2 aliphatic heterocycles. The molecule has 2 atom stereocenters. The number of rotatable bonds is 6. The van der Waals surface area contributed by atoms with E-state index in [9.17, 15) is 0 Å². The predicted octanol–water partition coefficient (Wildman–Crippen LogP) is 2.02. The fraction of sp³-hybridized carbons (Fsp3) is 0.952. The Labute approximate surface area is 167 Å². The quantitative estimate of drug-likeness (QED) is 0.545. The van der Waals surface area contributed by atoms with E-state index in [1.807, 2.05) is 0 Å². The molecule has 0 spiro atoms. The number of guanidine groups is 1. The van der Waals surface area contributed by atoms with Crippen LogP contribution in [0.3, 0.4) is 0 Å². The third-order valence-electron chi connectivity index (χ3n) is 5.66. The minimum Gasteiger partial charge on any atom is -0.377 e. The summed E-state index contributed by atoms with van der Waals surface area (Å²) in [5.41, 5.74) is 0.173. The van der Waals surface area contributed by atoms with E-state index in [1.165, 1.54) is 39.0 Å². The number of nitrogens with one attached hydrogen (secondary N) is 2. The van der Waals surface area contributed by atoms with Gasteiger partial charge in [-0.3, -0.25) is 4.99 Å². The average Bonchev–Trinajstić information content (AvgIpc) is 2.83. The molecule has 2 rings (SSSR count). The lowest BCUT2D eigenvalue weighted by molar-refractivity contribution is -0.0823. The van der Waals surface area contributed by atoms with Crippen molar-refractivity contribution >= 4 is 5.96 Å². The maximum Gasteiger partial charge on any atom is 0.191 e. The van der Waals surface area contributed by atoms with Gasteiger partial charge in [0.05, 0.1) is 6.10 Å². The lowest BCUT2D eigenvalue weighted by Gasteiger charge is -2.39. The Hall–Kier alpha value is -0.850. The van der Waals surface area contributed by atoms with Gasteiger partial charge in [-0.1, -0.05) is 20.8 Å².